The Morgan fingerprint density at radius 2 is 2.00 bits per heavy atom. The number of nitrogens with one attached hydrogen (secondary N) is 1. The molecule has 0 saturated heterocycles. The number of hydrogen-bond donors (Lipinski definition) is 2. The lowest BCUT2D eigenvalue weighted by molar-refractivity contribution is 0.627. The molecule has 1 heterocycles. The van der Waals surface area contributed by atoms with Crippen molar-refractivity contribution < 1.29 is 4.39 Å². The molecule has 0 spiro atoms. The Hall–Kier alpha value is -2.10. The van der Waals surface area contributed by atoms with E-state index in [1.54, 1.807) is 13.0 Å². The maximum absolute atomic E-state index is 12.9. The van der Waals surface area contributed by atoms with Crippen LogP contribution in [0, 0.1) is 12.7 Å². The van der Waals surface area contributed by atoms with Gasteiger partial charge in [-0.05, 0) is 30.2 Å². The minimum atomic E-state index is -0.301. The van der Waals surface area contributed by atoms with Crippen molar-refractivity contribution in [2.75, 3.05) is 5.73 Å². The highest BCUT2D eigenvalue weighted by Crippen LogP contribution is 2.27. The predicted molar refractivity (Wildman–Crippen MR) is 61.6 cm³/mol. The lowest BCUT2D eigenvalue weighted by Gasteiger charge is -2.08. The molecule has 3 nitrogen and oxygen atoms in total. The normalized spacial score (nSPS) is 10.4. The summed E-state index contributed by atoms with van der Waals surface area (Å²) in [6.07, 6.45) is 1.44. The van der Waals surface area contributed by atoms with E-state index < -0.39 is 0 Å². The minimum Gasteiger partial charge on any atom is -0.397 e. The molecule has 4 heteroatoms. The summed E-state index contributed by atoms with van der Waals surface area (Å²) in [6.45, 7) is 1.78. The number of aromatic amines is 1. The first-order valence-corrected chi connectivity index (χ1v) is 4.82. The van der Waals surface area contributed by atoms with E-state index in [-0.39, 0.29) is 11.4 Å². The van der Waals surface area contributed by atoms with E-state index in [0.717, 1.165) is 11.1 Å². The SMILES string of the molecule is Cc1cc(F)ccc1-c1cc(=O)[nH]cc1N. The van der Waals surface area contributed by atoms with Crippen LogP contribution in [0.25, 0.3) is 11.1 Å². The molecular weight excluding hydrogens is 207 g/mol. The highest BCUT2D eigenvalue weighted by molar-refractivity contribution is 5.77. The number of rotatable bonds is 1. The molecule has 16 heavy (non-hydrogen) atoms. The van der Waals surface area contributed by atoms with Crippen molar-refractivity contribution in [1.29, 1.82) is 0 Å². The third-order valence-corrected chi connectivity index (χ3v) is 2.43. The van der Waals surface area contributed by atoms with E-state index in [2.05, 4.69) is 4.98 Å². The summed E-state index contributed by atoms with van der Waals surface area (Å²) < 4.78 is 12.9. The molecule has 0 aliphatic rings. The van der Waals surface area contributed by atoms with E-state index >= 15 is 0 Å². The number of H-pyrrole nitrogens is 1. The number of benzene rings is 1. The fourth-order valence-corrected chi connectivity index (χ4v) is 1.65. The van der Waals surface area contributed by atoms with Crippen LogP contribution < -0.4 is 11.3 Å². The van der Waals surface area contributed by atoms with Crippen molar-refractivity contribution in [3.63, 3.8) is 0 Å². The smallest absolute Gasteiger partial charge is 0.248 e. The molecule has 0 aliphatic heterocycles. The number of pyridine rings is 1. The van der Waals surface area contributed by atoms with Crippen molar-refractivity contribution in [1.82, 2.24) is 4.98 Å². The van der Waals surface area contributed by atoms with Gasteiger partial charge in [-0.3, -0.25) is 4.79 Å². The largest absolute Gasteiger partial charge is 0.397 e. The quantitative estimate of drug-likeness (QED) is 0.769. The summed E-state index contributed by atoms with van der Waals surface area (Å²) in [5.41, 5.74) is 8.14. The second-order valence-corrected chi connectivity index (χ2v) is 3.63. The predicted octanol–water partition coefficient (Wildman–Crippen LogP) is 2.07. The van der Waals surface area contributed by atoms with Gasteiger partial charge in [-0.2, -0.15) is 0 Å². The van der Waals surface area contributed by atoms with E-state index in [4.69, 9.17) is 5.73 Å². The fraction of sp³-hybridized carbons (Fsp3) is 0.0833. The van der Waals surface area contributed by atoms with Crippen molar-refractivity contribution in [3.05, 3.63) is 52.2 Å². The van der Waals surface area contributed by atoms with Gasteiger partial charge in [0, 0.05) is 17.8 Å². The number of aryl methyl sites for hydroxylation is 1. The topological polar surface area (TPSA) is 58.9 Å². The Morgan fingerprint density at radius 1 is 1.25 bits per heavy atom. The van der Waals surface area contributed by atoms with Gasteiger partial charge >= 0.3 is 0 Å². The van der Waals surface area contributed by atoms with Gasteiger partial charge in [0.25, 0.3) is 0 Å². The number of hydrogen-bond acceptors (Lipinski definition) is 2. The van der Waals surface area contributed by atoms with Crippen LogP contribution in [0.5, 0.6) is 0 Å². The molecule has 0 fully saturated rings. The zero-order valence-electron chi connectivity index (χ0n) is 8.75. The van der Waals surface area contributed by atoms with Gasteiger partial charge in [0.1, 0.15) is 5.82 Å². The fourth-order valence-electron chi connectivity index (χ4n) is 1.65. The van der Waals surface area contributed by atoms with Crippen molar-refractivity contribution in [3.8, 4) is 11.1 Å². The molecule has 0 saturated carbocycles. The van der Waals surface area contributed by atoms with Crippen molar-refractivity contribution in [2.45, 2.75) is 6.92 Å². The van der Waals surface area contributed by atoms with Gasteiger partial charge in [0.2, 0.25) is 5.56 Å². The first kappa shape index (κ1) is 10.4. The number of anilines is 1. The molecular formula is C12H11FN2O. The third-order valence-electron chi connectivity index (χ3n) is 2.43. The first-order valence-electron chi connectivity index (χ1n) is 4.82. The lowest BCUT2D eigenvalue weighted by Crippen LogP contribution is -2.06. The summed E-state index contributed by atoms with van der Waals surface area (Å²) in [5.74, 6) is -0.301. The molecule has 0 radical (unpaired) electrons. The van der Waals surface area contributed by atoms with Crippen LogP contribution in [0.2, 0.25) is 0 Å². The Kier molecular flexibility index (Phi) is 2.48. The average Bonchev–Trinajstić information content (AvgIpc) is 2.22. The van der Waals surface area contributed by atoms with Crippen LogP contribution in [-0.4, -0.2) is 4.98 Å². The Morgan fingerprint density at radius 3 is 2.69 bits per heavy atom. The molecule has 0 aliphatic carbocycles. The summed E-state index contributed by atoms with van der Waals surface area (Å²) in [5, 5.41) is 0. The Balaban J connectivity index is 2.67. The summed E-state index contributed by atoms with van der Waals surface area (Å²) in [6, 6.07) is 5.80. The van der Waals surface area contributed by atoms with Crippen LogP contribution in [-0.2, 0) is 0 Å². The maximum Gasteiger partial charge on any atom is 0.248 e. The number of nitrogens with two attached hydrogens (primary N) is 1. The second-order valence-electron chi connectivity index (χ2n) is 3.63. The molecule has 0 atom stereocenters. The zero-order valence-corrected chi connectivity index (χ0v) is 8.75. The molecule has 0 unspecified atom stereocenters. The van der Waals surface area contributed by atoms with Crippen molar-refractivity contribution >= 4 is 5.69 Å². The van der Waals surface area contributed by atoms with Gasteiger partial charge in [-0.15, -0.1) is 0 Å². The Labute approximate surface area is 91.7 Å². The maximum atomic E-state index is 12.9. The molecule has 0 bridgehead atoms. The Bertz CT molecular complexity index is 590. The minimum absolute atomic E-state index is 0.229. The second kappa shape index (κ2) is 3.81. The molecule has 1 aromatic heterocycles. The van der Waals surface area contributed by atoms with E-state index in [1.165, 1.54) is 24.4 Å². The summed E-state index contributed by atoms with van der Waals surface area (Å²) in [4.78, 5) is 13.7. The highest BCUT2D eigenvalue weighted by atomic mass is 19.1. The first-order chi connectivity index (χ1) is 7.58. The van der Waals surface area contributed by atoms with Crippen LogP contribution in [0.1, 0.15) is 5.56 Å². The number of halogens is 1. The zero-order chi connectivity index (χ0) is 11.7. The van der Waals surface area contributed by atoms with Gasteiger partial charge in [0.05, 0.1) is 5.69 Å². The van der Waals surface area contributed by atoms with Gasteiger partial charge in [-0.25, -0.2) is 4.39 Å². The van der Waals surface area contributed by atoms with Crippen molar-refractivity contribution in [2.24, 2.45) is 0 Å². The monoisotopic (exact) mass is 218 g/mol. The van der Waals surface area contributed by atoms with E-state index in [9.17, 15) is 9.18 Å². The third kappa shape index (κ3) is 1.82. The standard InChI is InChI=1S/C12H11FN2O/c1-7-4-8(13)2-3-9(7)10-5-12(16)15-6-11(10)14/h2-6H,14H2,1H3,(H,15,16). The number of aromatic nitrogens is 1. The average molecular weight is 218 g/mol. The molecule has 1 aromatic carbocycles. The van der Waals surface area contributed by atoms with Crippen LogP contribution in [0.4, 0.5) is 10.1 Å². The lowest BCUT2D eigenvalue weighted by atomic mass is 10.0. The van der Waals surface area contributed by atoms with Gasteiger partial charge < -0.3 is 10.7 Å². The van der Waals surface area contributed by atoms with Crippen LogP contribution in [0.3, 0.4) is 0 Å². The molecule has 3 N–H and O–H groups in total. The molecule has 0 amide bonds. The summed E-state index contributed by atoms with van der Waals surface area (Å²) >= 11 is 0. The van der Waals surface area contributed by atoms with Crippen LogP contribution in [0.15, 0.2) is 35.3 Å². The van der Waals surface area contributed by atoms with E-state index in [0.29, 0.717) is 11.3 Å². The molecule has 2 rings (SSSR count). The highest BCUT2D eigenvalue weighted by Gasteiger charge is 2.07. The van der Waals surface area contributed by atoms with Crippen LogP contribution >= 0.6 is 0 Å². The number of nitrogen functional groups attached to an aromatic ring is 1. The van der Waals surface area contributed by atoms with Gasteiger partial charge in [0.15, 0.2) is 0 Å². The molecule has 2 aromatic rings. The van der Waals surface area contributed by atoms with E-state index in [1.807, 2.05) is 0 Å². The summed E-state index contributed by atoms with van der Waals surface area (Å²) in [7, 11) is 0. The van der Waals surface area contributed by atoms with Gasteiger partial charge in [-0.1, -0.05) is 6.07 Å². The molecule has 82 valence electrons.